The zero-order chi connectivity index (χ0) is 13.0. The summed E-state index contributed by atoms with van der Waals surface area (Å²) >= 11 is 1.75. The Morgan fingerprint density at radius 1 is 1.28 bits per heavy atom. The summed E-state index contributed by atoms with van der Waals surface area (Å²) in [5, 5.41) is 7.99. The number of aryl methyl sites for hydroxylation is 2. The van der Waals surface area contributed by atoms with Gasteiger partial charge in [0.15, 0.2) is 0 Å². The van der Waals surface area contributed by atoms with Crippen LogP contribution in [-0.2, 0) is 6.42 Å². The second-order valence-corrected chi connectivity index (χ2v) is 5.30. The molecule has 1 unspecified atom stereocenters. The Labute approximate surface area is 113 Å². The molecule has 0 amide bonds. The summed E-state index contributed by atoms with van der Waals surface area (Å²) in [6.07, 6.45) is 2.07. The number of rotatable bonds is 6. The van der Waals surface area contributed by atoms with E-state index in [-0.39, 0.29) is 6.04 Å². The van der Waals surface area contributed by atoms with Gasteiger partial charge in [-0.3, -0.25) is 0 Å². The number of furan rings is 1. The molecule has 0 fully saturated rings. The molecule has 0 aromatic carbocycles. The predicted octanol–water partition coefficient (Wildman–Crippen LogP) is 4.30. The van der Waals surface area contributed by atoms with E-state index in [1.165, 1.54) is 11.1 Å². The monoisotopic (exact) mass is 263 g/mol. The van der Waals surface area contributed by atoms with Crippen molar-refractivity contribution in [1.29, 1.82) is 0 Å². The fourth-order valence-electron chi connectivity index (χ4n) is 2.06. The second kappa shape index (κ2) is 6.21. The zero-order valence-corrected chi connectivity index (χ0v) is 12.1. The van der Waals surface area contributed by atoms with E-state index in [0.29, 0.717) is 0 Å². The first-order valence-electron chi connectivity index (χ1n) is 6.61. The van der Waals surface area contributed by atoms with Gasteiger partial charge in [-0.2, -0.15) is 11.3 Å². The van der Waals surface area contributed by atoms with Crippen molar-refractivity contribution in [1.82, 2.24) is 5.32 Å². The van der Waals surface area contributed by atoms with Gasteiger partial charge < -0.3 is 9.73 Å². The quantitative estimate of drug-likeness (QED) is 0.840. The van der Waals surface area contributed by atoms with Crippen molar-refractivity contribution in [2.24, 2.45) is 0 Å². The molecule has 2 rings (SSSR count). The first-order valence-corrected chi connectivity index (χ1v) is 7.55. The summed E-state index contributed by atoms with van der Waals surface area (Å²) in [6.45, 7) is 7.47. The van der Waals surface area contributed by atoms with Crippen molar-refractivity contribution in [3.8, 4) is 0 Å². The maximum absolute atomic E-state index is 5.91. The van der Waals surface area contributed by atoms with Crippen LogP contribution in [0.4, 0.5) is 0 Å². The van der Waals surface area contributed by atoms with E-state index in [2.05, 4.69) is 49.0 Å². The van der Waals surface area contributed by atoms with Crippen LogP contribution in [0, 0.1) is 6.92 Å². The topological polar surface area (TPSA) is 25.2 Å². The van der Waals surface area contributed by atoms with Gasteiger partial charge in [0.05, 0.1) is 6.04 Å². The lowest BCUT2D eigenvalue weighted by Gasteiger charge is -2.16. The van der Waals surface area contributed by atoms with Crippen molar-refractivity contribution in [3.05, 3.63) is 45.5 Å². The van der Waals surface area contributed by atoms with Crippen molar-refractivity contribution in [3.63, 3.8) is 0 Å². The highest BCUT2D eigenvalue weighted by atomic mass is 32.1. The number of nitrogens with one attached hydrogen (secondary N) is 1. The molecule has 0 aliphatic carbocycles. The lowest BCUT2D eigenvalue weighted by molar-refractivity contribution is 0.421. The van der Waals surface area contributed by atoms with Gasteiger partial charge >= 0.3 is 0 Å². The number of hydrogen-bond acceptors (Lipinski definition) is 3. The molecule has 1 atom stereocenters. The van der Waals surface area contributed by atoms with Gasteiger partial charge in [-0.1, -0.05) is 13.8 Å². The van der Waals surface area contributed by atoms with Gasteiger partial charge in [0.1, 0.15) is 11.5 Å². The third kappa shape index (κ3) is 2.85. The average Bonchev–Trinajstić information content (AvgIpc) is 3.00. The van der Waals surface area contributed by atoms with Crippen LogP contribution in [0.1, 0.15) is 49.0 Å². The first kappa shape index (κ1) is 13.4. The van der Waals surface area contributed by atoms with Crippen LogP contribution in [0.15, 0.2) is 27.3 Å². The molecule has 1 N–H and O–H groups in total. The summed E-state index contributed by atoms with van der Waals surface area (Å²) in [4.78, 5) is 0. The fourth-order valence-corrected chi connectivity index (χ4v) is 2.94. The Balaban J connectivity index is 2.27. The van der Waals surface area contributed by atoms with Crippen molar-refractivity contribution in [2.75, 3.05) is 6.54 Å². The van der Waals surface area contributed by atoms with Crippen LogP contribution in [0.3, 0.4) is 0 Å². The smallest absolute Gasteiger partial charge is 0.125 e. The maximum Gasteiger partial charge on any atom is 0.125 e. The van der Waals surface area contributed by atoms with E-state index in [9.17, 15) is 0 Å². The predicted molar refractivity (Wildman–Crippen MR) is 77.3 cm³/mol. The zero-order valence-electron chi connectivity index (χ0n) is 11.3. The summed E-state index contributed by atoms with van der Waals surface area (Å²) < 4.78 is 5.91. The van der Waals surface area contributed by atoms with Crippen LogP contribution in [-0.4, -0.2) is 6.54 Å². The van der Waals surface area contributed by atoms with Gasteiger partial charge in [0, 0.05) is 6.42 Å². The van der Waals surface area contributed by atoms with Gasteiger partial charge in [-0.25, -0.2) is 0 Å². The van der Waals surface area contributed by atoms with Crippen molar-refractivity contribution in [2.45, 2.75) is 39.7 Å². The minimum atomic E-state index is 0.191. The minimum absolute atomic E-state index is 0.191. The molecule has 0 aliphatic rings. The molecule has 2 heterocycles. The highest BCUT2D eigenvalue weighted by Crippen LogP contribution is 2.29. The molecule has 0 bridgehead atoms. The lowest BCUT2D eigenvalue weighted by Crippen LogP contribution is -2.22. The normalized spacial score (nSPS) is 12.8. The van der Waals surface area contributed by atoms with Crippen LogP contribution in [0.5, 0.6) is 0 Å². The maximum atomic E-state index is 5.91. The van der Waals surface area contributed by atoms with Gasteiger partial charge in [-0.15, -0.1) is 0 Å². The summed E-state index contributed by atoms with van der Waals surface area (Å²) in [5.74, 6) is 2.09. The highest BCUT2D eigenvalue weighted by Gasteiger charge is 2.19. The third-order valence-electron chi connectivity index (χ3n) is 3.12. The minimum Gasteiger partial charge on any atom is -0.464 e. The second-order valence-electron chi connectivity index (χ2n) is 4.55. The summed E-state index contributed by atoms with van der Waals surface area (Å²) in [7, 11) is 0. The Morgan fingerprint density at radius 3 is 2.67 bits per heavy atom. The molecule has 0 radical (unpaired) electrons. The number of hydrogen-bond donors (Lipinski definition) is 1. The van der Waals surface area contributed by atoms with Gasteiger partial charge in [0.2, 0.25) is 0 Å². The standard InChI is InChI=1S/C15H21NOS/c1-4-8-16-15(13-10-18-9-11(13)3)14-7-6-12(5-2)17-14/h6-7,9-10,15-16H,4-5,8H2,1-3H3. The van der Waals surface area contributed by atoms with Gasteiger partial charge in [-0.05, 0) is 53.9 Å². The molecule has 18 heavy (non-hydrogen) atoms. The molecule has 2 nitrogen and oxygen atoms in total. The van der Waals surface area contributed by atoms with E-state index >= 15 is 0 Å². The first-order chi connectivity index (χ1) is 8.76. The molecule has 98 valence electrons. The third-order valence-corrected chi connectivity index (χ3v) is 4.00. The van der Waals surface area contributed by atoms with E-state index in [1.54, 1.807) is 11.3 Å². The molecule has 2 aromatic rings. The van der Waals surface area contributed by atoms with E-state index in [1.807, 2.05) is 0 Å². The van der Waals surface area contributed by atoms with Crippen LogP contribution in [0.25, 0.3) is 0 Å². The van der Waals surface area contributed by atoms with Crippen molar-refractivity contribution < 1.29 is 4.42 Å². The highest BCUT2D eigenvalue weighted by molar-refractivity contribution is 7.08. The Bertz CT molecular complexity index is 486. The van der Waals surface area contributed by atoms with E-state index in [0.717, 1.165) is 30.9 Å². The molecule has 3 heteroatoms. The van der Waals surface area contributed by atoms with Crippen molar-refractivity contribution >= 4 is 11.3 Å². The summed E-state index contributed by atoms with van der Waals surface area (Å²) in [6, 6.07) is 4.37. The van der Waals surface area contributed by atoms with Crippen LogP contribution >= 0.6 is 11.3 Å². The Morgan fingerprint density at radius 2 is 2.11 bits per heavy atom. The molecule has 0 saturated heterocycles. The number of thiophene rings is 1. The SMILES string of the molecule is CCCNC(c1ccc(CC)o1)c1cscc1C. The molecular weight excluding hydrogens is 242 g/mol. The fraction of sp³-hybridized carbons (Fsp3) is 0.467. The summed E-state index contributed by atoms with van der Waals surface area (Å²) in [5.41, 5.74) is 2.67. The largest absolute Gasteiger partial charge is 0.464 e. The van der Waals surface area contributed by atoms with E-state index in [4.69, 9.17) is 4.42 Å². The molecule has 2 aromatic heterocycles. The molecule has 0 spiro atoms. The average molecular weight is 263 g/mol. The molecule has 0 aliphatic heterocycles. The van der Waals surface area contributed by atoms with Gasteiger partial charge in [0.25, 0.3) is 0 Å². The Kier molecular flexibility index (Phi) is 4.61. The van der Waals surface area contributed by atoms with E-state index < -0.39 is 0 Å². The molecule has 0 saturated carbocycles. The lowest BCUT2D eigenvalue weighted by atomic mass is 10.0. The van der Waals surface area contributed by atoms with Crippen LogP contribution < -0.4 is 5.32 Å². The molecular formula is C15H21NOS. The Hall–Kier alpha value is -1.06. The van der Waals surface area contributed by atoms with Crippen LogP contribution in [0.2, 0.25) is 0 Å².